The van der Waals surface area contributed by atoms with Crippen LogP contribution < -0.4 is 5.32 Å². The van der Waals surface area contributed by atoms with Gasteiger partial charge in [0.25, 0.3) is 0 Å². The van der Waals surface area contributed by atoms with Crippen molar-refractivity contribution >= 4 is 5.91 Å². The van der Waals surface area contributed by atoms with E-state index in [1.54, 1.807) is 24.3 Å². The summed E-state index contributed by atoms with van der Waals surface area (Å²) in [5, 5.41) is 11.3. The van der Waals surface area contributed by atoms with E-state index in [-0.39, 0.29) is 13.2 Å². The summed E-state index contributed by atoms with van der Waals surface area (Å²) in [6, 6.07) is 6.81. The van der Waals surface area contributed by atoms with E-state index in [1.807, 2.05) is 0 Å². The van der Waals surface area contributed by atoms with Crippen molar-refractivity contribution in [2.24, 2.45) is 0 Å². The molecule has 0 saturated heterocycles. The van der Waals surface area contributed by atoms with Crippen molar-refractivity contribution in [3.63, 3.8) is 0 Å². The normalized spacial score (nSPS) is 11.4. The van der Waals surface area contributed by atoms with Gasteiger partial charge in [0.1, 0.15) is 13.2 Å². The van der Waals surface area contributed by atoms with E-state index < -0.39 is 25.3 Å². The minimum atomic E-state index is -4.43. The second-order valence-electron chi connectivity index (χ2n) is 3.86. The summed E-state index contributed by atoms with van der Waals surface area (Å²) in [7, 11) is 0. The molecule has 0 saturated carbocycles. The number of aliphatic hydroxyl groups is 1. The summed E-state index contributed by atoms with van der Waals surface area (Å²) in [5.74, 6) is -0.615. The van der Waals surface area contributed by atoms with Crippen molar-refractivity contribution in [2.45, 2.75) is 19.3 Å². The molecule has 1 rings (SSSR count). The molecule has 106 valence electrons. The molecule has 4 nitrogen and oxygen atoms in total. The predicted octanol–water partition coefficient (Wildman–Crippen LogP) is 1.37. The number of alkyl halides is 3. The van der Waals surface area contributed by atoms with Crippen LogP contribution >= 0.6 is 0 Å². The zero-order chi connectivity index (χ0) is 14.3. The van der Waals surface area contributed by atoms with Gasteiger partial charge in [0.05, 0.1) is 6.61 Å². The summed E-state index contributed by atoms with van der Waals surface area (Å²) in [4.78, 5) is 11.2. The highest BCUT2D eigenvalue weighted by atomic mass is 19.4. The number of aliphatic hydroxyl groups excluding tert-OH is 1. The third kappa shape index (κ3) is 6.78. The Morgan fingerprint density at radius 3 is 2.32 bits per heavy atom. The average Bonchev–Trinajstić information content (AvgIpc) is 2.35. The first-order chi connectivity index (χ1) is 8.90. The van der Waals surface area contributed by atoms with Gasteiger partial charge in [0, 0.05) is 6.54 Å². The van der Waals surface area contributed by atoms with E-state index in [0.29, 0.717) is 0 Å². The van der Waals surface area contributed by atoms with Gasteiger partial charge in [0.15, 0.2) is 0 Å². The highest BCUT2D eigenvalue weighted by Crippen LogP contribution is 2.14. The quantitative estimate of drug-likeness (QED) is 0.825. The second kappa shape index (κ2) is 7.10. The van der Waals surface area contributed by atoms with E-state index in [9.17, 15) is 18.0 Å². The van der Waals surface area contributed by atoms with Crippen LogP contribution in [0.25, 0.3) is 0 Å². The topological polar surface area (TPSA) is 58.6 Å². The van der Waals surface area contributed by atoms with Gasteiger partial charge in [-0.05, 0) is 11.1 Å². The zero-order valence-corrected chi connectivity index (χ0v) is 10.0. The minimum absolute atomic E-state index is 0.0715. The van der Waals surface area contributed by atoms with Crippen LogP contribution in [0, 0.1) is 0 Å². The molecule has 2 N–H and O–H groups in total. The van der Waals surface area contributed by atoms with Crippen LogP contribution in [0.4, 0.5) is 13.2 Å². The molecule has 7 heteroatoms. The lowest BCUT2D eigenvalue weighted by atomic mass is 10.1. The summed E-state index contributed by atoms with van der Waals surface area (Å²) in [6.45, 7) is -1.95. The molecular weight excluding hydrogens is 263 g/mol. The fraction of sp³-hybridized carbons (Fsp3) is 0.417. The number of rotatable bonds is 6. The molecule has 0 atom stereocenters. The molecule has 1 aromatic rings. The highest BCUT2D eigenvalue weighted by Gasteiger charge is 2.27. The van der Waals surface area contributed by atoms with Gasteiger partial charge in [-0.1, -0.05) is 24.3 Å². The van der Waals surface area contributed by atoms with Crippen LogP contribution in [-0.4, -0.2) is 30.4 Å². The number of carbonyl (C=O) groups excluding carboxylic acids is 1. The Bertz CT molecular complexity index is 404. The Morgan fingerprint density at radius 2 is 1.79 bits per heavy atom. The molecule has 0 aromatic heterocycles. The Balaban J connectivity index is 2.26. The van der Waals surface area contributed by atoms with Crippen molar-refractivity contribution in [1.29, 1.82) is 0 Å². The molecule has 0 bridgehead atoms. The molecule has 0 aliphatic carbocycles. The molecule has 1 aromatic carbocycles. The Kier molecular flexibility index (Phi) is 5.78. The SMILES string of the molecule is O=C(COCC(F)(F)F)NCc1ccc(CO)cc1. The predicted molar refractivity (Wildman–Crippen MR) is 61.1 cm³/mol. The van der Waals surface area contributed by atoms with Crippen molar-refractivity contribution < 1.29 is 27.8 Å². The molecule has 19 heavy (non-hydrogen) atoms. The van der Waals surface area contributed by atoms with Gasteiger partial charge in [-0.25, -0.2) is 0 Å². The number of halogens is 3. The number of amides is 1. The van der Waals surface area contributed by atoms with Crippen LogP contribution in [0.3, 0.4) is 0 Å². The van der Waals surface area contributed by atoms with Crippen LogP contribution in [0.2, 0.25) is 0 Å². The van der Waals surface area contributed by atoms with E-state index in [1.165, 1.54) is 0 Å². The smallest absolute Gasteiger partial charge is 0.392 e. The van der Waals surface area contributed by atoms with Gasteiger partial charge in [0.2, 0.25) is 5.91 Å². The maximum atomic E-state index is 11.8. The van der Waals surface area contributed by atoms with E-state index in [0.717, 1.165) is 11.1 Å². The maximum Gasteiger partial charge on any atom is 0.411 e. The van der Waals surface area contributed by atoms with E-state index >= 15 is 0 Å². The fourth-order valence-electron chi connectivity index (χ4n) is 1.27. The maximum absolute atomic E-state index is 11.8. The summed E-state index contributed by atoms with van der Waals surface area (Å²) in [5.41, 5.74) is 1.52. The van der Waals surface area contributed by atoms with Gasteiger partial charge in [-0.2, -0.15) is 13.2 Å². The molecule has 0 fully saturated rings. The fourth-order valence-corrected chi connectivity index (χ4v) is 1.27. The van der Waals surface area contributed by atoms with Crippen LogP contribution in [0.15, 0.2) is 24.3 Å². The lowest BCUT2D eigenvalue weighted by molar-refractivity contribution is -0.175. The van der Waals surface area contributed by atoms with Crippen LogP contribution in [-0.2, 0) is 22.7 Å². The average molecular weight is 277 g/mol. The van der Waals surface area contributed by atoms with Gasteiger partial charge in [-0.3, -0.25) is 4.79 Å². The lowest BCUT2D eigenvalue weighted by Crippen LogP contribution is -2.29. The van der Waals surface area contributed by atoms with Crippen molar-refractivity contribution in [1.82, 2.24) is 5.32 Å². The number of ether oxygens (including phenoxy) is 1. The number of hydrogen-bond acceptors (Lipinski definition) is 3. The number of hydrogen-bond donors (Lipinski definition) is 2. The first-order valence-corrected chi connectivity index (χ1v) is 5.50. The van der Waals surface area contributed by atoms with E-state index in [4.69, 9.17) is 5.11 Å². The molecule has 0 aliphatic rings. The first kappa shape index (κ1) is 15.5. The highest BCUT2D eigenvalue weighted by molar-refractivity contribution is 5.77. The zero-order valence-electron chi connectivity index (χ0n) is 10.0. The largest absolute Gasteiger partial charge is 0.411 e. The first-order valence-electron chi connectivity index (χ1n) is 5.50. The molecule has 0 unspecified atom stereocenters. The Labute approximate surface area is 108 Å². The van der Waals surface area contributed by atoms with Gasteiger partial charge >= 0.3 is 6.18 Å². The third-order valence-corrected chi connectivity index (χ3v) is 2.19. The summed E-state index contributed by atoms with van der Waals surface area (Å²) < 4.78 is 39.5. The standard InChI is InChI=1S/C12H14F3NO3/c13-12(14,15)8-19-7-11(18)16-5-9-1-3-10(6-17)4-2-9/h1-4,17H,5-8H2,(H,16,18). The number of benzene rings is 1. The molecule has 0 heterocycles. The van der Waals surface area contributed by atoms with Crippen molar-refractivity contribution in [2.75, 3.05) is 13.2 Å². The molecule has 0 aliphatic heterocycles. The van der Waals surface area contributed by atoms with Crippen molar-refractivity contribution in [3.8, 4) is 0 Å². The lowest BCUT2D eigenvalue weighted by Gasteiger charge is -2.08. The molecule has 0 spiro atoms. The molecule has 1 amide bonds. The Hall–Kier alpha value is -1.60. The van der Waals surface area contributed by atoms with Gasteiger partial charge < -0.3 is 15.2 Å². The van der Waals surface area contributed by atoms with Crippen LogP contribution in [0.1, 0.15) is 11.1 Å². The van der Waals surface area contributed by atoms with Gasteiger partial charge in [-0.15, -0.1) is 0 Å². The second-order valence-corrected chi connectivity index (χ2v) is 3.86. The summed E-state index contributed by atoms with van der Waals surface area (Å²) >= 11 is 0. The van der Waals surface area contributed by atoms with Crippen LogP contribution in [0.5, 0.6) is 0 Å². The molecule has 0 radical (unpaired) electrons. The van der Waals surface area contributed by atoms with E-state index in [2.05, 4.69) is 10.1 Å². The Morgan fingerprint density at radius 1 is 1.21 bits per heavy atom. The van der Waals surface area contributed by atoms with Crippen molar-refractivity contribution in [3.05, 3.63) is 35.4 Å². The third-order valence-electron chi connectivity index (χ3n) is 2.19. The number of carbonyl (C=O) groups is 1. The number of nitrogens with one attached hydrogen (secondary N) is 1. The monoisotopic (exact) mass is 277 g/mol. The summed E-state index contributed by atoms with van der Waals surface area (Å²) in [6.07, 6.45) is -4.43. The minimum Gasteiger partial charge on any atom is -0.392 e. The molecular formula is C12H14F3NO3.